The second-order valence-electron chi connectivity index (χ2n) is 9.00. The molecule has 40 heavy (non-hydrogen) atoms. The van der Waals surface area contributed by atoms with Crippen LogP contribution in [0, 0.1) is 6.92 Å². The molecule has 0 fully saturated rings. The van der Waals surface area contributed by atoms with E-state index in [-0.39, 0.29) is 27.5 Å². The number of anilines is 3. The van der Waals surface area contributed by atoms with Crippen molar-refractivity contribution in [3.8, 4) is 5.75 Å². The van der Waals surface area contributed by atoms with Crippen molar-refractivity contribution >= 4 is 92.9 Å². The largest absolute Gasteiger partial charge is 0.492 e. The van der Waals surface area contributed by atoms with Crippen molar-refractivity contribution in [2.75, 3.05) is 22.2 Å². The van der Waals surface area contributed by atoms with Crippen LogP contribution in [-0.2, 0) is 9.59 Å². The number of hydrazone groups is 1. The Labute approximate surface area is 257 Å². The molecule has 0 radical (unpaired) electrons. The number of carbonyl (C=O) groups excluding carboxylic acids is 2. The fourth-order valence-electron chi connectivity index (χ4n) is 3.85. The molecule has 1 aliphatic rings. The van der Waals surface area contributed by atoms with Gasteiger partial charge in [0.25, 0.3) is 5.91 Å². The van der Waals surface area contributed by atoms with Gasteiger partial charge in [-0.1, -0.05) is 65.8 Å². The van der Waals surface area contributed by atoms with Crippen molar-refractivity contribution in [2.45, 2.75) is 43.8 Å². The third-order valence-electron chi connectivity index (χ3n) is 5.73. The van der Waals surface area contributed by atoms with Gasteiger partial charge in [-0.25, -0.2) is 0 Å². The molecule has 0 bridgehead atoms. The van der Waals surface area contributed by atoms with E-state index in [1.54, 1.807) is 18.2 Å². The highest BCUT2D eigenvalue weighted by molar-refractivity contribution is 8.01. The molecular formula is C28H26Cl4N4O3S. The number of nitrogens with one attached hydrogen (secondary N) is 2. The van der Waals surface area contributed by atoms with Crippen LogP contribution in [0.1, 0.15) is 32.3 Å². The number of nitrogens with zero attached hydrogens (tertiary/aromatic N) is 2. The number of amidine groups is 1. The van der Waals surface area contributed by atoms with E-state index in [4.69, 9.17) is 51.1 Å². The van der Waals surface area contributed by atoms with E-state index in [0.29, 0.717) is 39.6 Å². The van der Waals surface area contributed by atoms with E-state index in [2.05, 4.69) is 22.7 Å². The number of thioether (sulfide) groups is 1. The van der Waals surface area contributed by atoms with Gasteiger partial charge in [-0.05, 0) is 61.4 Å². The number of hydrogen-bond acceptors (Lipinski definition) is 6. The first kappa shape index (κ1) is 30.3. The number of amides is 2. The number of carbonyl (C=O) groups is 2. The van der Waals surface area contributed by atoms with Crippen molar-refractivity contribution in [3.63, 3.8) is 0 Å². The summed E-state index contributed by atoms with van der Waals surface area (Å²) in [4.78, 5) is 26.3. The molecule has 3 aromatic carbocycles. The van der Waals surface area contributed by atoms with Gasteiger partial charge < -0.3 is 15.4 Å². The van der Waals surface area contributed by atoms with Crippen LogP contribution >= 0.6 is 58.2 Å². The molecule has 0 aromatic heterocycles. The summed E-state index contributed by atoms with van der Waals surface area (Å²) in [7, 11) is 0. The molecule has 3 aromatic rings. The Morgan fingerprint density at radius 3 is 2.45 bits per heavy atom. The Kier molecular flexibility index (Phi) is 10.1. The SMILES string of the molecule is CCCCOc1ccc(C)cc1SC1C(=O)N(c2c(Cl)cc(Cl)cc2Cl)N=C1Nc1cc(NC(C)=O)ccc1Cl. The maximum Gasteiger partial charge on any atom is 0.268 e. The molecule has 7 nitrogen and oxygen atoms in total. The quantitative estimate of drug-likeness (QED) is 0.229. The standard InChI is InChI=1S/C28H26Cl4N4O3S/c1-4-5-10-39-23-9-6-15(2)11-24(23)40-26-27(34-22-14-18(33-16(3)37)7-8-19(22)30)35-36(28(26)38)25-20(31)12-17(29)13-21(25)32/h6-9,11-14,26H,4-5,10H2,1-3H3,(H,33,37)(H,34,35). The molecular weight excluding hydrogens is 614 g/mol. The lowest BCUT2D eigenvalue weighted by Gasteiger charge is -2.18. The summed E-state index contributed by atoms with van der Waals surface area (Å²) in [6.45, 7) is 6.02. The Morgan fingerprint density at radius 2 is 1.77 bits per heavy atom. The first-order valence-corrected chi connectivity index (χ1v) is 14.8. The highest BCUT2D eigenvalue weighted by Gasteiger charge is 2.40. The summed E-state index contributed by atoms with van der Waals surface area (Å²) in [5.74, 6) is 0.347. The van der Waals surface area contributed by atoms with Gasteiger partial charge in [0, 0.05) is 17.6 Å². The maximum atomic E-state index is 13.9. The van der Waals surface area contributed by atoms with Crippen LogP contribution in [0.15, 0.2) is 58.5 Å². The minimum Gasteiger partial charge on any atom is -0.492 e. The lowest BCUT2D eigenvalue weighted by molar-refractivity contribution is -0.116. The smallest absolute Gasteiger partial charge is 0.268 e. The van der Waals surface area contributed by atoms with Crippen LogP contribution in [0.25, 0.3) is 0 Å². The number of halogens is 4. The fourth-order valence-corrected chi connectivity index (χ4v) is 6.16. The summed E-state index contributed by atoms with van der Waals surface area (Å²) in [6.07, 6.45) is 1.89. The normalized spacial score (nSPS) is 14.8. The molecule has 2 N–H and O–H groups in total. The molecule has 1 atom stereocenters. The van der Waals surface area contributed by atoms with E-state index in [0.717, 1.165) is 23.3 Å². The number of ether oxygens (including phenoxy) is 1. The average molecular weight is 640 g/mol. The highest BCUT2D eigenvalue weighted by Crippen LogP contribution is 2.42. The van der Waals surface area contributed by atoms with Gasteiger partial charge in [0.2, 0.25) is 5.91 Å². The molecule has 12 heteroatoms. The summed E-state index contributed by atoms with van der Waals surface area (Å²) < 4.78 is 6.04. The number of hydrogen-bond donors (Lipinski definition) is 2. The second kappa shape index (κ2) is 13.4. The van der Waals surface area contributed by atoms with E-state index in [1.165, 1.54) is 35.8 Å². The predicted octanol–water partition coefficient (Wildman–Crippen LogP) is 8.68. The summed E-state index contributed by atoms with van der Waals surface area (Å²) in [5, 5.41) is 11.9. The van der Waals surface area contributed by atoms with Crippen molar-refractivity contribution < 1.29 is 14.3 Å². The molecule has 2 amide bonds. The van der Waals surface area contributed by atoms with Crippen LogP contribution in [0.4, 0.5) is 17.1 Å². The van der Waals surface area contributed by atoms with Crippen LogP contribution in [0.3, 0.4) is 0 Å². The zero-order valence-corrected chi connectivity index (χ0v) is 25.7. The Hall–Kier alpha value is -2.62. The zero-order valence-electron chi connectivity index (χ0n) is 21.9. The highest BCUT2D eigenvalue weighted by atomic mass is 35.5. The lowest BCUT2D eigenvalue weighted by atomic mass is 10.2. The number of benzene rings is 3. The lowest BCUT2D eigenvalue weighted by Crippen LogP contribution is -2.32. The second-order valence-corrected chi connectivity index (χ2v) is 11.8. The van der Waals surface area contributed by atoms with Gasteiger partial charge in [-0.15, -0.1) is 16.9 Å². The van der Waals surface area contributed by atoms with Crippen LogP contribution in [0.5, 0.6) is 5.75 Å². The van der Waals surface area contributed by atoms with Gasteiger partial charge in [0.05, 0.1) is 32.3 Å². The summed E-state index contributed by atoms with van der Waals surface area (Å²) in [5.41, 5.74) is 2.19. The zero-order chi connectivity index (χ0) is 29.0. The molecule has 1 aliphatic heterocycles. The van der Waals surface area contributed by atoms with Crippen molar-refractivity contribution in [2.24, 2.45) is 5.10 Å². The molecule has 0 aliphatic carbocycles. The van der Waals surface area contributed by atoms with Gasteiger partial charge in [-0.3, -0.25) is 9.59 Å². The summed E-state index contributed by atoms with van der Waals surface area (Å²) >= 11 is 26.8. The molecule has 1 heterocycles. The topological polar surface area (TPSA) is 83.0 Å². The predicted molar refractivity (Wildman–Crippen MR) is 167 cm³/mol. The molecule has 0 saturated carbocycles. The van der Waals surface area contributed by atoms with E-state index in [9.17, 15) is 9.59 Å². The Morgan fingerprint density at radius 1 is 1.05 bits per heavy atom. The van der Waals surface area contributed by atoms with E-state index >= 15 is 0 Å². The first-order chi connectivity index (χ1) is 19.1. The monoisotopic (exact) mass is 638 g/mol. The first-order valence-electron chi connectivity index (χ1n) is 12.4. The fraction of sp³-hybridized carbons (Fsp3) is 0.250. The third-order valence-corrected chi connectivity index (χ3v) is 8.09. The minimum atomic E-state index is -0.835. The maximum absolute atomic E-state index is 13.9. The van der Waals surface area contributed by atoms with Crippen LogP contribution < -0.4 is 20.4 Å². The van der Waals surface area contributed by atoms with Gasteiger partial charge in [-0.2, -0.15) is 5.01 Å². The van der Waals surface area contributed by atoms with Crippen molar-refractivity contribution in [1.29, 1.82) is 0 Å². The van der Waals surface area contributed by atoms with E-state index < -0.39 is 5.25 Å². The molecule has 1 unspecified atom stereocenters. The number of rotatable bonds is 9. The van der Waals surface area contributed by atoms with Gasteiger partial charge in [0.15, 0.2) is 11.1 Å². The summed E-state index contributed by atoms with van der Waals surface area (Å²) in [6, 6.07) is 13.8. The molecule has 4 rings (SSSR count). The number of aryl methyl sites for hydroxylation is 1. The minimum absolute atomic E-state index is 0.171. The average Bonchev–Trinajstić information content (AvgIpc) is 3.16. The van der Waals surface area contributed by atoms with Crippen molar-refractivity contribution in [3.05, 3.63) is 74.2 Å². The number of unbranched alkanes of at least 4 members (excludes halogenated alkanes) is 1. The van der Waals surface area contributed by atoms with Crippen LogP contribution in [-0.4, -0.2) is 29.5 Å². The Bertz CT molecular complexity index is 1460. The van der Waals surface area contributed by atoms with Crippen LogP contribution in [0.2, 0.25) is 20.1 Å². The molecule has 0 spiro atoms. The van der Waals surface area contributed by atoms with Gasteiger partial charge in [0.1, 0.15) is 11.4 Å². The van der Waals surface area contributed by atoms with Crippen molar-refractivity contribution in [1.82, 2.24) is 0 Å². The van der Waals surface area contributed by atoms with E-state index in [1.807, 2.05) is 25.1 Å². The third kappa shape index (κ3) is 7.17. The molecule has 210 valence electrons. The van der Waals surface area contributed by atoms with Gasteiger partial charge >= 0.3 is 0 Å². The molecule has 0 saturated heterocycles. The Balaban J connectivity index is 1.75.